The molecule has 116 valence electrons. The second-order valence-corrected chi connectivity index (χ2v) is 6.60. The first kappa shape index (κ1) is 14.8. The topological polar surface area (TPSA) is 31.4 Å². The minimum Gasteiger partial charge on any atom is -0.357 e. The highest BCUT2D eigenvalue weighted by Crippen LogP contribution is 2.26. The van der Waals surface area contributed by atoms with Crippen molar-refractivity contribution in [1.29, 1.82) is 0 Å². The summed E-state index contributed by atoms with van der Waals surface area (Å²) in [6.07, 6.45) is 7.11. The van der Waals surface area contributed by atoms with Gasteiger partial charge in [0.05, 0.1) is 0 Å². The molecule has 0 spiro atoms. The summed E-state index contributed by atoms with van der Waals surface area (Å²) in [7, 11) is 2.27. The van der Waals surface area contributed by atoms with Crippen LogP contribution in [0.4, 0.5) is 5.82 Å². The Hall–Kier alpha value is -1.13. The van der Waals surface area contributed by atoms with Gasteiger partial charge in [-0.3, -0.25) is 4.90 Å². The van der Waals surface area contributed by atoms with E-state index >= 15 is 0 Å². The molecule has 0 amide bonds. The first-order valence-electron chi connectivity index (χ1n) is 8.35. The number of rotatable bonds is 6. The third kappa shape index (κ3) is 3.95. The minimum absolute atomic E-state index is 0.645. The Kier molecular flexibility index (Phi) is 4.76. The Morgan fingerprint density at radius 1 is 1.29 bits per heavy atom. The van der Waals surface area contributed by atoms with Crippen LogP contribution in [0.3, 0.4) is 0 Å². The van der Waals surface area contributed by atoms with Crippen LogP contribution in [0.15, 0.2) is 24.4 Å². The zero-order valence-corrected chi connectivity index (χ0v) is 13.3. The lowest BCUT2D eigenvalue weighted by Gasteiger charge is -2.34. The molecule has 1 saturated carbocycles. The van der Waals surface area contributed by atoms with Crippen LogP contribution in [0.1, 0.15) is 32.6 Å². The highest BCUT2D eigenvalue weighted by molar-refractivity contribution is 5.38. The lowest BCUT2D eigenvalue weighted by Crippen LogP contribution is -2.47. The average molecular weight is 288 g/mol. The maximum Gasteiger partial charge on any atom is 0.128 e. The van der Waals surface area contributed by atoms with Gasteiger partial charge >= 0.3 is 0 Å². The van der Waals surface area contributed by atoms with Crippen molar-refractivity contribution in [1.82, 2.24) is 15.2 Å². The molecule has 2 heterocycles. The van der Waals surface area contributed by atoms with E-state index in [1.54, 1.807) is 0 Å². The van der Waals surface area contributed by atoms with Gasteiger partial charge in [-0.1, -0.05) is 6.07 Å². The highest BCUT2D eigenvalue weighted by Gasteiger charge is 2.29. The highest BCUT2D eigenvalue weighted by atomic mass is 15.2. The molecule has 1 aliphatic carbocycles. The SMILES string of the molecule is CC(CNC1CCN(c2ccccn2)CC1)N(C)C1CC1. The fourth-order valence-electron chi connectivity index (χ4n) is 3.18. The van der Waals surface area contributed by atoms with Crippen molar-refractivity contribution in [2.75, 3.05) is 31.6 Å². The quantitative estimate of drug-likeness (QED) is 0.869. The molecule has 1 unspecified atom stereocenters. The number of nitrogens with one attached hydrogen (secondary N) is 1. The van der Waals surface area contributed by atoms with E-state index < -0.39 is 0 Å². The number of anilines is 1. The predicted octanol–water partition coefficient (Wildman–Crippen LogP) is 2.12. The summed E-state index contributed by atoms with van der Waals surface area (Å²) >= 11 is 0. The standard InChI is InChI=1S/C17H28N4/c1-14(20(2)16-6-7-16)13-19-15-8-11-21(12-9-15)17-5-3-4-10-18-17/h3-5,10,14-16,19H,6-9,11-13H2,1-2H3. The Morgan fingerprint density at radius 2 is 2.05 bits per heavy atom. The van der Waals surface area contributed by atoms with E-state index in [1.165, 1.54) is 25.7 Å². The van der Waals surface area contributed by atoms with E-state index in [0.29, 0.717) is 12.1 Å². The van der Waals surface area contributed by atoms with Crippen LogP contribution < -0.4 is 10.2 Å². The maximum atomic E-state index is 4.45. The predicted molar refractivity (Wildman–Crippen MR) is 87.7 cm³/mol. The molecule has 2 aliphatic rings. The van der Waals surface area contributed by atoms with Crippen molar-refractivity contribution < 1.29 is 0 Å². The van der Waals surface area contributed by atoms with Gasteiger partial charge in [0.2, 0.25) is 0 Å². The molecule has 1 atom stereocenters. The number of nitrogens with zero attached hydrogens (tertiary/aromatic N) is 3. The molecule has 4 heteroatoms. The first-order valence-corrected chi connectivity index (χ1v) is 8.35. The minimum atomic E-state index is 0.645. The summed E-state index contributed by atoms with van der Waals surface area (Å²) in [6, 6.07) is 8.33. The molecule has 2 fully saturated rings. The number of hydrogen-bond acceptors (Lipinski definition) is 4. The van der Waals surface area contributed by atoms with Crippen molar-refractivity contribution in [2.24, 2.45) is 0 Å². The van der Waals surface area contributed by atoms with E-state index in [2.05, 4.69) is 46.2 Å². The molecule has 1 saturated heterocycles. The van der Waals surface area contributed by atoms with E-state index in [4.69, 9.17) is 0 Å². The van der Waals surface area contributed by atoms with Gasteiger partial charge in [-0.05, 0) is 51.8 Å². The molecule has 1 aromatic rings. The second-order valence-electron chi connectivity index (χ2n) is 6.60. The van der Waals surface area contributed by atoms with E-state index in [1.807, 2.05) is 12.3 Å². The average Bonchev–Trinajstić information content (AvgIpc) is 3.38. The zero-order valence-electron chi connectivity index (χ0n) is 13.3. The largest absolute Gasteiger partial charge is 0.357 e. The van der Waals surface area contributed by atoms with Gasteiger partial charge in [0.15, 0.2) is 0 Å². The Bertz CT molecular complexity index is 424. The van der Waals surface area contributed by atoms with E-state index in [9.17, 15) is 0 Å². The molecular formula is C17H28N4. The third-order valence-electron chi connectivity index (χ3n) is 4.99. The second kappa shape index (κ2) is 6.75. The summed E-state index contributed by atoms with van der Waals surface area (Å²) < 4.78 is 0. The maximum absolute atomic E-state index is 4.45. The zero-order chi connectivity index (χ0) is 14.7. The Morgan fingerprint density at radius 3 is 2.67 bits per heavy atom. The van der Waals surface area contributed by atoms with Crippen molar-refractivity contribution in [3.63, 3.8) is 0 Å². The lowest BCUT2D eigenvalue weighted by molar-refractivity contribution is 0.231. The molecule has 3 rings (SSSR count). The van der Waals surface area contributed by atoms with Crippen molar-refractivity contribution >= 4 is 5.82 Å². The van der Waals surface area contributed by atoms with Gasteiger partial charge in [0.1, 0.15) is 5.82 Å². The van der Waals surface area contributed by atoms with Crippen LogP contribution in [0, 0.1) is 0 Å². The number of aromatic nitrogens is 1. The molecule has 0 radical (unpaired) electrons. The molecule has 0 bridgehead atoms. The molecule has 4 nitrogen and oxygen atoms in total. The van der Waals surface area contributed by atoms with Crippen molar-refractivity contribution in [3.8, 4) is 0 Å². The fourth-order valence-corrected chi connectivity index (χ4v) is 3.18. The monoisotopic (exact) mass is 288 g/mol. The lowest BCUT2D eigenvalue weighted by atomic mass is 10.0. The fraction of sp³-hybridized carbons (Fsp3) is 0.706. The number of likely N-dealkylation sites (N-methyl/N-ethyl adjacent to an activating group) is 1. The van der Waals surface area contributed by atoms with Gasteiger partial charge in [-0.15, -0.1) is 0 Å². The number of pyridine rings is 1. The molecule has 1 aromatic heterocycles. The smallest absolute Gasteiger partial charge is 0.128 e. The van der Waals surface area contributed by atoms with Crippen LogP contribution in [0.25, 0.3) is 0 Å². The Balaban J connectivity index is 1.39. The van der Waals surface area contributed by atoms with E-state index in [0.717, 1.165) is 31.5 Å². The van der Waals surface area contributed by atoms with E-state index in [-0.39, 0.29) is 0 Å². The van der Waals surface area contributed by atoms with Crippen LogP contribution >= 0.6 is 0 Å². The summed E-state index contributed by atoms with van der Waals surface area (Å²) in [5, 5.41) is 3.77. The van der Waals surface area contributed by atoms with Gasteiger partial charge < -0.3 is 10.2 Å². The van der Waals surface area contributed by atoms with Gasteiger partial charge in [0.25, 0.3) is 0 Å². The molecule has 1 N–H and O–H groups in total. The van der Waals surface area contributed by atoms with Crippen LogP contribution in [0.5, 0.6) is 0 Å². The number of piperidine rings is 1. The first-order chi connectivity index (χ1) is 10.2. The normalized spacial score (nSPS) is 21.8. The van der Waals surface area contributed by atoms with Gasteiger partial charge in [-0.2, -0.15) is 0 Å². The van der Waals surface area contributed by atoms with Crippen LogP contribution in [-0.4, -0.2) is 54.7 Å². The summed E-state index contributed by atoms with van der Waals surface area (Å²) in [6.45, 7) is 5.68. The number of hydrogen-bond donors (Lipinski definition) is 1. The van der Waals surface area contributed by atoms with Crippen LogP contribution in [0.2, 0.25) is 0 Å². The summed E-state index contributed by atoms with van der Waals surface area (Å²) in [5.41, 5.74) is 0. The molecule has 0 aromatic carbocycles. The third-order valence-corrected chi connectivity index (χ3v) is 4.99. The molecule has 1 aliphatic heterocycles. The van der Waals surface area contributed by atoms with Crippen molar-refractivity contribution in [2.45, 2.75) is 50.7 Å². The Labute approximate surface area is 128 Å². The van der Waals surface area contributed by atoms with Gasteiger partial charge in [-0.25, -0.2) is 4.98 Å². The summed E-state index contributed by atoms with van der Waals surface area (Å²) in [4.78, 5) is 9.39. The van der Waals surface area contributed by atoms with Crippen molar-refractivity contribution in [3.05, 3.63) is 24.4 Å². The molecular weight excluding hydrogens is 260 g/mol. The summed E-state index contributed by atoms with van der Waals surface area (Å²) in [5.74, 6) is 1.12. The molecule has 21 heavy (non-hydrogen) atoms. The van der Waals surface area contributed by atoms with Crippen LogP contribution in [-0.2, 0) is 0 Å². The van der Waals surface area contributed by atoms with Gasteiger partial charge in [0, 0.05) is 44.0 Å².